The summed E-state index contributed by atoms with van der Waals surface area (Å²) < 4.78 is 0. The molecule has 3 radical (unpaired) electrons. The van der Waals surface area contributed by atoms with Crippen LogP contribution in [0.3, 0.4) is 0 Å². The lowest BCUT2D eigenvalue weighted by atomic mass is 10.1. The van der Waals surface area contributed by atoms with Crippen LogP contribution in [0, 0.1) is 0 Å². The van der Waals surface area contributed by atoms with Crippen LogP contribution in [0.2, 0.25) is 0 Å². The fourth-order valence-electron chi connectivity index (χ4n) is 1.19. The van der Waals surface area contributed by atoms with Gasteiger partial charge in [0.05, 0.1) is 15.6 Å². The Balaban J connectivity index is 2.70. The zero-order valence-electron chi connectivity index (χ0n) is 7.46. The number of allylic oxidation sites excluding steroid dienone is 1. The van der Waals surface area contributed by atoms with Crippen molar-refractivity contribution in [3.05, 3.63) is 42.5 Å². The molecule has 0 saturated carbocycles. The van der Waals surface area contributed by atoms with Gasteiger partial charge in [-0.1, -0.05) is 35.5 Å². The average molecular weight is 208 g/mol. The highest BCUT2D eigenvalue weighted by molar-refractivity contribution is 6.34. The van der Waals surface area contributed by atoms with Gasteiger partial charge in [0.1, 0.15) is 0 Å². The third-order valence-electron chi connectivity index (χ3n) is 1.92. The highest BCUT2D eigenvalue weighted by Gasteiger charge is 2.08. The minimum atomic E-state index is 0.0756. The molecule has 0 amide bonds. The van der Waals surface area contributed by atoms with E-state index in [1.807, 2.05) is 30.3 Å². The molecule has 2 heteroatoms. The largest absolute Gasteiger partial charge is 0.118 e. The topological polar surface area (TPSA) is 0 Å². The third kappa shape index (κ3) is 3.01. The van der Waals surface area contributed by atoms with E-state index in [9.17, 15) is 0 Å². The lowest BCUT2D eigenvalue weighted by Crippen LogP contribution is -2.10. The molecule has 0 nitrogen and oxygen atoms in total. The van der Waals surface area contributed by atoms with Crippen LogP contribution in [-0.2, 0) is 0 Å². The van der Waals surface area contributed by atoms with Gasteiger partial charge in [0.25, 0.3) is 0 Å². The number of hydrogen-bond acceptors (Lipinski definition) is 0. The molecule has 0 aromatic heterocycles. The average Bonchev–Trinajstić information content (AvgIpc) is 2.15. The first-order valence-electron chi connectivity index (χ1n) is 4.31. The molecule has 13 heavy (non-hydrogen) atoms. The van der Waals surface area contributed by atoms with Crippen molar-refractivity contribution in [3.63, 3.8) is 0 Å². The number of benzene rings is 1. The Morgan fingerprint density at radius 1 is 1.46 bits per heavy atom. The van der Waals surface area contributed by atoms with E-state index in [4.69, 9.17) is 11.6 Å². The maximum absolute atomic E-state index is 6.21. The first kappa shape index (κ1) is 10.5. The molecule has 0 aliphatic carbocycles. The Morgan fingerprint density at radius 2 is 2.15 bits per heavy atom. The summed E-state index contributed by atoms with van der Waals surface area (Å²) in [7, 11) is 3.53. The quantitative estimate of drug-likeness (QED) is 0.405. The molecular weight excluding hydrogens is 196 g/mol. The van der Waals surface area contributed by atoms with E-state index >= 15 is 0 Å². The zero-order chi connectivity index (χ0) is 9.68. The summed E-state index contributed by atoms with van der Waals surface area (Å²) in [5.41, 5.74) is 1.16. The van der Waals surface area contributed by atoms with Crippen LogP contribution < -0.4 is 5.19 Å². The van der Waals surface area contributed by atoms with E-state index in [0.717, 1.165) is 23.6 Å². The molecule has 0 N–H and O–H groups in total. The van der Waals surface area contributed by atoms with Crippen LogP contribution in [0.25, 0.3) is 0 Å². The number of rotatable bonds is 4. The normalized spacial score (nSPS) is 12.5. The van der Waals surface area contributed by atoms with Gasteiger partial charge in [-0.15, -0.1) is 18.2 Å². The van der Waals surface area contributed by atoms with Gasteiger partial charge in [-0.25, -0.2) is 0 Å². The molecule has 1 rings (SSSR count). The minimum absolute atomic E-state index is 0.0756. The van der Waals surface area contributed by atoms with Crippen molar-refractivity contribution < 1.29 is 0 Å². The van der Waals surface area contributed by atoms with Crippen molar-refractivity contribution >= 4 is 27.0 Å². The zero-order valence-corrected chi connectivity index (χ0v) is 9.22. The second-order valence-corrected chi connectivity index (χ2v) is 3.99. The van der Waals surface area contributed by atoms with Gasteiger partial charge >= 0.3 is 0 Å². The van der Waals surface area contributed by atoms with Crippen LogP contribution in [0.1, 0.15) is 23.8 Å². The molecule has 0 heterocycles. The molecule has 0 saturated heterocycles. The summed E-state index contributed by atoms with van der Waals surface area (Å²) in [6.07, 6.45) is 3.78. The van der Waals surface area contributed by atoms with E-state index in [2.05, 4.69) is 16.8 Å². The minimum Gasteiger partial charge on any atom is -0.118 e. The monoisotopic (exact) mass is 207 g/mol. The van der Waals surface area contributed by atoms with E-state index in [1.165, 1.54) is 0 Å². The molecule has 1 unspecified atom stereocenters. The molecule has 1 atom stereocenters. The lowest BCUT2D eigenvalue weighted by molar-refractivity contribution is 0.818. The van der Waals surface area contributed by atoms with Crippen molar-refractivity contribution in [2.24, 2.45) is 0 Å². The fourth-order valence-corrected chi connectivity index (χ4v) is 1.95. The second-order valence-electron chi connectivity index (χ2n) is 2.92. The lowest BCUT2D eigenvalue weighted by Gasteiger charge is -2.10. The molecule has 1 aromatic carbocycles. The maximum atomic E-state index is 6.21. The van der Waals surface area contributed by atoms with E-state index in [-0.39, 0.29) is 5.38 Å². The predicted molar refractivity (Wildman–Crippen MR) is 59.9 cm³/mol. The van der Waals surface area contributed by atoms with Crippen LogP contribution >= 0.6 is 11.6 Å². The third-order valence-corrected chi connectivity index (χ3v) is 2.83. The highest BCUT2D eigenvalue weighted by atomic mass is 35.5. The van der Waals surface area contributed by atoms with E-state index in [0.29, 0.717) is 0 Å². The Kier molecular flexibility index (Phi) is 4.26. The SMILES string of the molecule is C=CCCC(Cl)c1ccccc1[Si]. The summed E-state index contributed by atoms with van der Waals surface area (Å²) in [5.74, 6) is 0. The van der Waals surface area contributed by atoms with Gasteiger partial charge in [-0.2, -0.15) is 0 Å². The molecular formula is C11H12ClSi. The Morgan fingerprint density at radius 3 is 2.77 bits per heavy atom. The Bertz CT molecular complexity index is 283. The molecule has 0 fully saturated rings. The molecule has 0 spiro atoms. The maximum Gasteiger partial charge on any atom is 0.0716 e. The van der Waals surface area contributed by atoms with Gasteiger partial charge in [0.2, 0.25) is 0 Å². The summed E-state index contributed by atoms with van der Waals surface area (Å²) in [6, 6.07) is 8.05. The standard InChI is InChI=1S/C11H12ClSi/c1-2-3-7-10(12)9-6-4-5-8-11(9)13/h2,4-6,8,10H,1,3,7H2. The predicted octanol–water partition coefficient (Wildman–Crippen LogP) is 2.73. The number of halogens is 1. The molecule has 0 bridgehead atoms. The van der Waals surface area contributed by atoms with E-state index in [1.54, 1.807) is 0 Å². The smallest absolute Gasteiger partial charge is 0.0716 e. The molecule has 1 aromatic rings. The van der Waals surface area contributed by atoms with E-state index < -0.39 is 0 Å². The summed E-state index contributed by atoms with van der Waals surface area (Å²) >= 11 is 6.21. The van der Waals surface area contributed by atoms with Crippen molar-refractivity contribution in [1.29, 1.82) is 0 Å². The van der Waals surface area contributed by atoms with Gasteiger partial charge < -0.3 is 0 Å². The molecule has 0 aliphatic rings. The van der Waals surface area contributed by atoms with Gasteiger partial charge in [0.15, 0.2) is 0 Å². The first-order valence-corrected chi connectivity index (χ1v) is 5.25. The molecule has 0 aliphatic heterocycles. The van der Waals surface area contributed by atoms with Crippen LogP contribution in [0.15, 0.2) is 36.9 Å². The summed E-state index contributed by atoms with van der Waals surface area (Å²) in [5, 5.41) is 1.15. The Labute approximate surface area is 88.0 Å². The fraction of sp³-hybridized carbons (Fsp3) is 0.273. The van der Waals surface area contributed by atoms with Gasteiger partial charge in [0, 0.05) is 0 Å². The number of alkyl halides is 1. The molecule has 67 valence electrons. The van der Waals surface area contributed by atoms with Crippen LogP contribution in [-0.4, -0.2) is 10.2 Å². The van der Waals surface area contributed by atoms with Crippen molar-refractivity contribution in [1.82, 2.24) is 0 Å². The second kappa shape index (κ2) is 5.25. The summed E-state index contributed by atoms with van der Waals surface area (Å²) in [4.78, 5) is 0. The van der Waals surface area contributed by atoms with Crippen molar-refractivity contribution in [3.8, 4) is 0 Å². The van der Waals surface area contributed by atoms with Crippen LogP contribution in [0.5, 0.6) is 0 Å². The van der Waals surface area contributed by atoms with Crippen LogP contribution in [0.4, 0.5) is 0 Å². The number of hydrogen-bond donors (Lipinski definition) is 0. The Hall–Kier alpha value is -0.533. The van der Waals surface area contributed by atoms with Gasteiger partial charge in [-0.3, -0.25) is 0 Å². The first-order chi connectivity index (χ1) is 6.25. The summed E-state index contributed by atoms with van der Waals surface area (Å²) in [6.45, 7) is 3.68. The highest BCUT2D eigenvalue weighted by Crippen LogP contribution is 2.23. The van der Waals surface area contributed by atoms with Crippen molar-refractivity contribution in [2.75, 3.05) is 0 Å². The van der Waals surface area contributed by atoms with Gasteiger partial charge in [-0.05, 0) is 18.4 Å². The van der Waals surface area contributed by atoms with Crippen molar-refractivity contribution in [2.45, 2.75) is 18.2 Å².